The average Bonchev–Trinajstić information content (AvgIpc) is 2.75. The van der Waals surface area contributed by atoms with E-state index in [1.165, 1.54) is 0 Å². The van der Waals surface area contributed by atoms with Crippen molar-refractivity contribution in [3.05, 3.63) is 60.7 Å². The smallest absolute Gasteiger partial charge is 0.261 e. The van der Waals surface area contributed by atoms with E-state index in [0.29, 0.717) is 30.9 Å². The Kier molecular flexibility index (Phi) is 9.02. The van der Waals surface area contributed by atoms with Gasteiger partial charge in [-0.1, -0.05) is 50.2 Å². The van der Waals surface area contributed by atoms with Crippen LogP contribution in [-0.4, -0.2) is 36.6 Å². The maximum Gasteiger partial charge on any atom is 0.261 e. The summed E-state index contributed by atoms with van der Waals surface area (Å²) in [6, 6.07) is 18.3. The molecule has 0 unspecified atom stereocenters. The maximum absolute atomic E-state index is 12.5. The number of ether oxygens (including phenoxy) is 2. The van der Waals surface area contributed by atoms with Crippen LogP contribution in [0.5, 0.6) is 11.5 Å². The molecule has 2 aromatic carbocycles. The summed E-state index contributed by atoms with van der Waals surface area (Å²) in [5.41, 5.74) is 0. The van der Waals surface area contributed by atoms with E-state index in [1.807, 2.05) is 81.4 Å². The molecule has 0 fully saturated rings. The van der Waals surface area contributed by atoms with E-state index in [2.05, 4.69) is 10.6 Å². The maximum atomic E-state index is 12.5. The van der Waals surface area contributed by atoms with E-state index >= 15 is 0 Å². The number of para-hydroxylation sites is 2. The molecule has 0 bridgehead atoms. The molecule has 0 heterocycles. The van der Waals surface area contributed by atoms with Crippen LogP contribution in [0, 0.1) is 0 Å². The normalized spacial score (nSPS) is 13.6. The summed E-state index contributed by atoms with van der Waals surface area (Å²) >= 11 is 0. The van der Waals surface area contributed by atoms with E-state index in [9.17, 15) is 9.59 Å². The van der Waals surface area contributed by atoms with Crippen molar-refractivity contribution in [2.24, 2.45) is 0 Å². The fourth-order valence-corrected chi connectivity index (χ4v) is 2.73. The molecule has 0 saturated carbocycles. The Bertz CT molecular complexity index is 752. The van der Waals surface area contributed by atoms with Crippen LogP contribution < -0.4 is 20.1 Å². The number of hydrogen-bond donors (Lipinski definition) is 2. The summed E-state index contributed by atoms with van der Waals surface area (Å²) < 4.78 is 11.5. The van der Waals surface area contributed by atoms with Crippen LogP contribution in [0.4, 0.5) is 0 Å². The zero-order chi connectivity index (χ0) is 21.1. The van der Waals surface area contributed by atoms with Crippen molar-refractivity contribution < 1.29 is 19.1 Å². The summed E-state index contributed by atoms with van der Waals surface area (Å²) in [4.78, 5) is 24.9. The van der Waals surface area contributed by atoms with Gasteiger partial charge in [0, 0.05) is 12.6 Å². The molecule has 29 heavy (non-hydrogen) atoms. The van der Waals surface area contributed by atoms with Crippen LogP contribution in [0.3, 0.4) is 0 Å². The van der Waals surface area contributed by atoms with Gasteiger partial charge in [-0.15, -0.1) is 0 Å². The predicted octanol–water partition coefficient (Wildman–Crippen LogP) is 3.32. The second-order valence-electron chi connectivity index (χ2n) is 6.81. The molecule has 2 N–H and O–H groups in total. The Hall–Kier alpha value is -3.02. The van der Waals surface area contributed by atoms with E-state index in [-0.39, 0.29) is 17.9 Å². The van der Waals surface area contributed by atoms with Crippen molar-refractivity contribution in [2.45, 2.75) is 51.9 Å². The number of nitrogens with one attached hydrogen (secondary N) is 2. The highest BCUT2D eigenvalue weighted by molar-refractivity contribution is 5.82. The number of rotatable bonds is 11. The third-order valence-electron chi connectivity index (χ3n) is 4.34. The fraction of sp³-hybridized carbons (Fsp3) is 0.391. The van der Waals surface area contributed by atoms with Crippen LogP contribution >= 0.6 is 0 Å². The molecule has 0 saturated heterocycles. The molecular weight excluding hydrogens is 368 g/mol. The quantitative estimate of drug-likeness (QED) is 0.609. The van der Waals surface area contributed by atoms with Crippen molar-refractivity contribution >= 4 is 11.8 Å². The van der Waals surface area contributed by atoms with Crippen molar-refractivity contribution in [2.75, 3.05) is 6.54 Å². The molecule has 0 aliphatic rings. The lowest BCUT2D eigenvalue weighted by atomic mass is 10.2. The molecule has 3 atom stereocenters. The SMILES string of the molecule is CC[C@@H](Oc1ccccc1)C(=O)NC[C@@H](C)NC(=O)[C@@H](CC)Oc1ccccc1. The number of benzene rings is 2. The molecule has 0 aromatic heterocycles. The highest BCUT2D eigenvalue weighted by atomic mass is 16.5. The summed E-state index contributed by atoms with van der Waals surface area (Å²) in [7, 11) is 0. The second-order valence-corrected chi connectivity index (χ2v) is 6.81. The van der Waals surface area contributed by atoms with Gasteiger partial charge in [-0.3, -0.25) is 9.59 Å². The molecule has 6 heteroatoms. The van der Waals surface area contributed by atoms with E-state index < -0.39 is 12.2 Å². The fourth-order valence-electron chi connectivity index (χ4n) is 2.73. The number of amides is 2. The van der Waals surface area contributed by atoms with Crippen LogP contribution in [-0.2, 0) is 9.59 Å². The number of carbonyl (C=O) groups is 2. The Morgan fingerprint density at radius 3 is 1.69 bits per heavy atom. The minimum atomic E-state index is -0.583. The Morgan fingerprint density at radius 1 is 0.793 bits per heavy atom. The Labute approximate surface area is 172 Å². The lowest BCUT2D eigenvalue weighted by Crippen LogP contribution is -2.48. The van der Waals surface area contributed by atoms with Gasteiger partial charge in [-0.2, -0.15) is 0 Å². The van der Waals surface area contributed by atoms with Gasteiger partial charge in [0.15, 0.2) is 12.2 Å². The van der Waals surface area contributed by atoms with Gasteiger partial charge in [0.25, 0.3) is 11.8 Å². The van der Waals surface area contributed by atoms with Gasteiger partial charge < -0.3 is 20.1 Å². The third-order valence-corrected chi connectivity index (χ3v) is 4.34. The molecule has 2 rings (SSSR count). The Balaban J connectivity index is 1.80. The molecule has 2 aromatic rings. The van der Waals surface area contributed by atoms with Crippen LogP contribution in [0.1, 0.15) is 33.6 Å². The summed E-state index contributed by atoms with van der Waals surface area (Å²) in [6.07, 6.45) is -0.0714. The summed E-state index contributed by atoms with van der Waals surface area (Å²) in [5.74, 6) is 0.898. The topological polar surface area (TPSA) is 76.7 Å². The lowest BCUT2D eigenvalue weighted by molar-refractivity contribution is -0.130. The Morgan fingerprint density at radius 2 is 1.24 bits per heavy atom. The minimum Gasteiger partial charge on any atom is -0.481 e. The average molecular weight is 399 g/mol. The van der Waals surface area contributed by atoms with Gasteiger partial charge in [0.05, 0.1) is 0 Å². The first-order valence-corrected chi connectivity index (χ1v) is 10.0. The van der Waals surface area contributed by atoms with Crippen molar-refractivity contribution in [1.29, 1.82) is 0 Å². The van der Waals surface area contributed by atoms with Crippen LogP contribution in [0.25, 0.3) is 0 Å². The van der Waals surface area contributed by atoms with E-state index in [0.717, 1.165) is 0 Å². The molecule has 6 nitrogen and oxygen atoms in total. The zero-order valence-corrected chi connectivity index (χ0v) is 17.3. The minimum absolute atomic E-state index is 0.203. The second kappa shape index (κ2) is 11.7. The van der Waals surface area contributed by atoms with Crippen molar-refractivity contribution in [1.82, 2.24) is 10.6 Å². The molecule has 0 spiro atoms. The van der Waals surface area contributed by atoms with E-state index in [1.54, 1.807) is 0 Å². The molecule has 0 aliphatic carbocycles. The van der Waals surface area contributed by atoms with Crippen molar-refractivity contribution in [3.8, 4) is 11.5 Å². The molecule has 2 amide bonds. The van der Waals surface area contributed by atoms with Crippen molar-refractivity contribution in [3.63, 3.8) is 0 Å². The van der Waals surface area contributed by atoms with Gasteiger partial charge in [-0.05, 0) is 44.0 Å². The summed E-state index contributed by atoms with van der Waals surface area (Å²) in [6.45, 7) is 5.94. The largest absolute Gasteiger partial charge is 0.481 e. The zero-order valence-electron chi connectivity index (χ0n) is 17.3. The molecular formula is C23H30N2O4. The first-order chi connectivity index (χ1) is 14.0. The third kappa shape index (κ3) is 7.49. The lowest BCUT2D eigenvalue weighted by Gasteiger charge is -2.22. The van der Waals surface area contributed by atoms with Crippen LogP contribution in [0.2, 0.25) is 0 Å². The van der Waals surface area contributed by atoms with Gasteiger partial charge in [0.2, 0.25) is 0 Å². The first-order valence-electron chi connectivity index (χ1n) is 10.0. The molecule has 0 radical (unpaired) electrons. The number of hydrogen-bond acceptors (Lipinski definition) is 4. The molecule has 0 aliphatic heterocycles. The monoisotopic (exact) mass is 398 g/mol. The highest BCUT2D eigenvalue weighted by Gasteiger charge is 2.22. The first kappa shape index (κ1) is 22.3. The highest BCUT2D eigenvalue weighted by Crippen LogP contribution is 2.13. The number of carbonyl (C=O) groups excluding carboxylic acids is 2. The predicted molar refractivity (Wildman–Crippen MR) is 113 cm³/mol. The van der Waals surface area contributed by atoms with Crippen LogP contribution in [0.15, 0.2) is 60.7 Å². The van der Waals surface area contributed by atoms with E-state index in [4.69, 9.17) is 9.47 Å². The summed E-state index contributed by atoms with van der Waals surface area (Å²) in [5, 5.41) is 5.74. The van der Waals surface area contributed by atoms with Gasteiger partial charge in [0.1, 0.15) is 11.5 Å². The van der Waals surface area contributed by atoms with Gasteiger partial charge >= 0.3 is 0 Å². The van der Waals surface area contributed by atoms with Gasteiger partial charge in [-0.25, -0.2) is 0 Å². The molecule has 156 valence electrons. The standard InChI is InChI=1S/C23H30N2O4/c1-4-20(28-18-12-8-6-9-13-18)22(26)24-16-17(3)25-23(27)21(5-2)29-19-14-10-7-11-15-19/h6-15,17,20-21H,4-5,16H2,1-3H3,(H,24,26)(H,25,27)/t17-,20-,21-/m1/s1.